The molecule has 4 heteroatoms. The summed E-state index contributed by atoms with van der Waals surface area (Å²) < 4.78 is 7.95. The van der Waals surface area contributed by atoms with Crippen LogP contribution in [-0.2, 0) is 10.6 Å². The molecule has 0 N–H and O–H groups in total. The molecule has 0 fully saturated rings. The molecule has 0 radical (unpaired) electrons. The first-order valence-electron chi connectivity index (χ1n) is 7.20. The maximum atomic E-state index is 6.11. The Bertz CT molecular complexity index is 577. The van der Waals surface area contributed by atoms with Crippen LogP contribution in [0.2, 0.25) is 0 Å². The van der Waals surface area contributed by atoms with Crippen molar-refractivity contribution in [1.82, 2.24) is 9.55 Å². The molecular weight excluding hydrogens is 272 g/mol. The Morgan fingerprint density at radius 3 is 2.70 bits per heavy atom. The molecule has 2 aromatic rings. The van der Waals surface area contributed by atoms with Gasteiger partial charge in [0.1, 0.15) is 5.82 Å². The molecule has 3 nitrogen and oxygen atoms in total. The van der Waals surface area contributed by atoms with Crippen LogP contribution in [0.3, 0.4) is 0 Å². The molecule has 0 spiro atoms. The van der Waals surface area contributed by atoms with Gasteiger partial charge in [-0.1, -0.05) is 26.0 Å². The molecule has 110 valence electrons. The minimum atomic E-state index is 0.259. The van der Waals surface area contributed by atoms with E-state index in [0.717, 1.165) is 17.9 Å². The Balaban J connectivity index is 2.59. The first-order valence-corrected chi connectivity index (χ1v) is 7.73. The Hall–Kier alpha value is -1.06. The van der Waals surface area contributed by atoms with Gasteiger partial charge in [0.05, 0.1) is 29.6 Å². The Morgan fingerprint density at radius 1 is 1.35 bits per heavy atom. The van der Waals surface area contributed by atoms with E-state index < -0.39 is 0 Å². The third-order valence-corrected chi connectivity index (χ3v) is 3.94. The molecule has 0 amide bonds. The number of rotatable bonds is 6. The molecule has 0 saturated heterocycles. The van der Waals surface area contributed by atoms with Crippen molar-refractivity contribution in [3.05, 3.63) is 29.6 Å². The first kappa shape index (κ1) is 15.3. The SMILES string of the molecule is CCOCC(C(C)C)n1c(CCl)nc2cccc(C)c21. The van der Waals surface area contributed by atoms with E-state index in [1.165, 1.54) is 11.1 Å². The van der Waals surface area contributed by atoms with Crippen LogP contribution >= 0.6 is 11.6 Å². The number of halogens is 1. The van der Waals surface area contributed by atoms with E-state index in [1.54, 1.807) is 0 Å². The number of hydrogen-bond acceptors (Lipinski definition) is 2. The van der Waals surface area contributed by atoms with Gasteiger partial charge in [-0.3, -0.25) is 0 Å². The zero-order valence-electron chi connectivity index (χ0n) is 12.7. The number of hydrogen-bond donors (Lipinski definition) is 0. The minimum Gasteiger partial charge on any atom is -0.380 e. The van der Waals surface area contributed by atoms with Gasteiger partial charge in [-0.15, -0.1) is 11.6 Å². The highest BCUT2D eigenvalue weighted by molar-refractivity contribution is 6.16. The van der Waals surface area contributed by atoms with Crippen LogP contribution in [0.1, 0.15) is 38.2 Å². The quantitative estimate of drug-likeness (QED) is 0.742. The molecule has 1 atom stereocenters. The largest absolute Gasteiger partial charge is 0.380 e. The molecule has 0 aliphatic heterocycles. The molecular formula is C16H23ClN2O. The minimum absolute atomic E-state index is 0.259. The third kappa shape index (κ3) is 2.84. The standard InChI is InChI=1S/C16H23ClN2O/c1-5-20-10-14(11(2)3)19-15(9-17)18-13-8-6-7-12(4)16(13)19/h6-8,11,14H,5,9-10H2,1-4H3. The summed E-state index contributed by atoms with van der Waals surface area (Å²) in [5, 5.41) is 0. The van der Waals surface area contributed by atoms with Crippen LogP contribution in [0.15, 0.2) is 18.2 Å². The third-order valence-electron chi connectivity index (χ3n) is 3.70. The van der Waals surface area contributed by atoms with Crippen molar-refractivity contribution in [2.75, 3.05) is 13.2 Å². The van der Waals surface area contributed by atoms with Gasteiger partial charge in [0.25, 0.3) is 0 Å². The molecule has 1 aromatic carbocycles. The predicted molar refractivity (Wildman–Crippen MR) is 84.4 cm³/mol. The molecule has 1 unspecified atom stereocenters. The van der Waals surface area contributed by atoms with Crippen molar-refractivity contribution in [1.29, 1.82) is 0 Å². The van der Waals surface area contributed by atoms with E-state index in [-0.39, 0.29) is 6.04 Å². The Morgan fingerprint density at radius 2 is 2.10 bits per heavy atom. The molecule has 1 aromatic heterocycles. The molecule has 20 heavy (non-hydrogen) atoms. The van der Waals surface area contributed by atoms with Crippen molar-refractivity contribution < 1.29 is 4.74 Å². The van der Waals surface area contributed by atoms with Gasteiger partial charge >= 0.3 is 0 Å². The highest BCUT2D eigenvalue weighted by Crippen LogP contribution is 2.29. The number of para-hydroxylation sites is 1. The summed E-state index contributed by atoms with van der Waals surface area (Å²) in [6, 6.07) is 6.47. The summed E-state index contributed by atoms with van der Waals surface area (Å²) in [6.45, 7) is 9.99. The topological polar surface area (TPSA) is 27.1 Å². The summed E-state index contributed by atoms with van der Waals surface area (Å²) in [4.78, 5) is 4.68. The van der Waals surface area contributed by atoms with Crippen LogP contribution in [0.4, 0.5) is 0 Å². The average Bonchev–Trinajstić information content (AvgIpc) is 2.79. The van der Waals surface area contributed by atoms with Crippen LogP contribution < -0.4 is 0 Å². The lowest BCUT2D eigenvalue weighted by molar-refractivity contribution is 0.0970. The summed E-state index contributed by atoms with van der Waals surface area (Å²) in [5.41, 5.74) is 3.43. The van der Waals surface area contributed by atoms with Gasteiger partial charge in [0.15, 0.2) is 0 Å². The lowest BCUT2D eigenvalue weighted by atomic mass is 10.0. The van der Waals surface area contributed by atoms with E-state index in [1.807, 2.05) is 19.1 Å². The second-order valence-corrected chi connectivity index (χ2v) is 5.71. The number of aryl methyl sites for hydroxylation is 1. The fourth-order valence-electron chi connectivity index (χ4n) is 2.62. The zero-order chi connectivity index (χ0) is 14.7. The van der Waals surface area contributed by atoms with Gasteiger partial charge in [0.2, 0.25) is 0 Å². The van der Waals surface area contributed by atoms with Crippen LogP contribution in [-0.4, -0.2) is 22.8 Å². The molecule has 0 bridgehead atoms. The maximum absolute atomic E-state index is 6.11. The highest BCUT2D eigenvalue weighted by Gasteiger charge is 2.22. The molecule has 0 aliphatic rings. The second-order valence-electron chi connectivity index (χ2n) is 5.45. The first-order chi connectivity index (χ1) is 9.60. The number of fused-ring (bicyclic) bond motifs is 1. The van der Waals surface area contributed by atoms with Crippen molar-refractivity contribution in [2.45, 2.75) is 39.6 Å². The van der Waals surface area contributed by atoms with Crippen LogP contribution in [0, 0.1) is 12.8 Å². The fourth-order valence-corrected chi connectivity index (χ4v) is 2.81. The van der Waals surface area contributed by atoms with E-state index in [2.05, 4.69) is 36.4 Å². The predicted octanol–water partition coefficient (Wildman–Crippen LogP) is 4.32. The molecule has 2 rings (SSSR count). The average molecular weight is 295 g/mol. The summed E-state index contributed by atoms with van der Waals surface area (Å²) in [6.07, 6.45) is 0. The fraction of sp³-hybridized carbons (Fsp3) is 0.562. The van der Waals surface area contributed by atoms with E-state index in [4.69, 9.17) is 16.3 Å². The van der Waals surface area contributed by atoms with E-state index in [0.29, 0.717) is 18.4 Å². The number of ether oxygens (including phenoxy) is 1. The highest BCUT2D eigenvalue weighted by atomic mass is 35.5. The van der Waals surface area contributed by atoms with E-state index in [9.17, 15) is 0 Å². The Kier molecular flexibility index (Phi) is 5.06. The van der Waals surface area contributed by atoms with Crippen molar-refractivity contribution in [3.8, 4) is 0 Å². The number of benzene rings is 1. The van der Waals surface area contributed by atoms with Gasteiger partial charge in [-0.2, -0.15) is 0 Å². The lowest BCUT2D eigenvalue weighted by Crippen LogP contribution is -2.23. The summed E-state index contributed by atoms with van der Waals surface area (Å²) >= 11 is 6.11. The lowest BCUT2D eigenvalue weighted by Gasteiger charge is -2.25. The zero-order valence-corrected chi connectivity index (χ0v) is 13.4. The number of nitrogens with zero attached hydrogens (tertiary/aromatic N) is 2. The number of alkyl halides is 1. The van der Waals surface area contributed by atoms with Gasteiger partial charge in [-0.25, -0.2) is 4.98 Å². The molecule has 0 saturated carbocycles. The van der Waals surface area contributed by atoms with Crippen molar-refractivity contribution in [2.24, 2.45) is 5.92 Å². The number of imidazole rings is 1. The van der Waals surface area contributed by atoms with Crippen LogP contribution in [0.25, 0.3) is 11.0 Å². The van der Waals surface area contributed by atoms with Crippen molar-refractivity contribution in [3.63, 3.8) is 0 Å². The van der Waals surface area contributed by atoms with Crippen molar-refractivity contribution >= 4 is 22.6 Å². The van der Waals surface area contributed by atoms with E-state index >= 15 is 0 Å². The van der Waals surface area contributed by atoms with Gasteiger partial charge in [0, 0.05) is 6.61 Å². The number of aromatic nitrogens is 2. The van der Waals surface area contributed by atoms with Gasteiger partial charge < -0.3 is 9.30 Å². The summed E-state index contributed by atoms with van der Waals surface area (Å²) in [7, 11) is 0. The van der Waals surface area contributed by atoms with Crippen LogP contribution in [0.5, 0.6) is 0 Å². The van der Waals surface area contributed by atoms with Gasteiger partial charge in [-0.05, 0) is 31.4 Å². The second kappa shape index (κ2) is 6.59. The smallest absolute Gasteiger partial charge is 0.125 e. The maximum Gasteiger partial charge on any atom is 0.125 e. The normalized spacial score (nSPS) is 13.3. The monoisotopic (exact) mass is 294 g/mol. The summed E-state index contributed by atoms with van der Waals surface area (Å²) in [5.74, 6) is 1.80. The molecule has 0 aliphatic carbocycles. The Labute approximate surface area is 125 Å². The molecule has 1 heterocycles.